The molecule has 0 aliphatic rings. The lowest BCUT2D eigenvalue weighted by molar-refractivity contribution is 0.322. The van der Waals surface area contributed by atoms with Gasteiger partial charge in [-0.1, -0.05) is 42.5 Å². The summed E-state index contributed by atoms with van der Waals surface area (Å²) in [5, 5.41) is 12.6. The Morgan fingerprint density at radius 3 is 2.38 bits per heavy atom. The van der Waals surface area contributed by atoms with Crippen LogP contribution in [0.3, 0.4) is 0 Å². The number of nitrogens with one attached hydrogen (secondary N) is 1. The Morgan fingerprint density at radius 1 is 0.846 bits per heavy atom. The Labute approximate surface area is 154 Å². The molecule has 0 bridgehead atoms. The summed E-state index contributed by atoms with van der Waals surface area (Å²) in [5.41, 5.74) is 1.92. The van der Waals surface area contributed by atoms with Crippen LogP contribution < -0.4 is 20.2 Å². The van der Waals surface area contributed by atoms with E-state index in [1.54, 1.807) is 7.05 Å². The number of benzene rings is 3. The van der Waals surface area contributed by atoms with E-state index in [2.05, 4.69) is 11.3 Å². The largest absolute Gasteiger partial charge is 0.493 e. The average Bonchev–Trinajstić information content (AvgIpc) is 2.69. The number of hydrogen-bond acceptors (Lipinski definition) is 4. The summed E-state index contributed by atoms with van der Waals surface area (Å²) in [6.45, 7) is 0.549. The van der Waals surface area contributed by atoms with E-state index in [9.17, 15) is 5.02 Å². The van der Waals surface area contributed by atoms with Gasteiger partial charge in [0.2, 0.25) is 0 Å². The number of hydrogen-bond donors (Lipinski definition) is 2. The number of para-hydroxylation sites is 1. The van der Waals surface area contributed by atoms with Crippen LogP contribution in [0.1, 0.15) is 5.56 Å². The van der Waals surface area contributed by atoms with Crippen molar-refractivity contribution in [3.05, 3.63) is 84.4 Å². The zero-order valence-electron chi connectivity index (χ0n) is 14.8. The van der Waals surface area contributed by atoms with Gasteiger partial charge >= 0.3 is 7.05 Å². The summed E-state index contributed by atoms with van der Waals surface area (Å²) >= 11 is 0. The lowest BCUT2D eigenvalue weighted by atomic mass is 9.74. The Balaban J connectivity index is 1.56. The molecule has 0 saturated heterocycles. The molecule has 2 N–H and O–H groups in total. The van der Waals surface area contributed by atoms with Crippen LogP contribution in [0.15, 0.2) is 78.9 Å². The van der Waals surface area contributed by atoms with Gasteiger partial charge in [-0.3, -0.25) is 0 Å². The van der Waals surface area contributed by atoms with Crippen molar-refractivity contribution in [1.82, 2.24) is 5.23 Å². The lowest BCUT2D eigenvalue weighted by Gasteiger charge is -2.10. The molecule has 4 nitrogen and oxygen atoms in total. The van der Waals surface area contributed by atoms with Crippen LogP contribution >= 0.6 is 0 Å². The molecule has 0 fully saturated rings. The molecule has 3 aromatic carbocycles. The smallest absolute Gasteiger partial charge is 0.413 e. The third-order valence-electron chi connectivity index (χ3n) is 3.98. The van der Waals surface area contributed by atoms with Crippen LogP contribution in [0.2, 0.25) is 0 Å². The predicted octanol–water partition coefficient (Wildman–Crippen LogP) is 3.01. The highest BCUT2D eigenvalue weighted by molar-refractivity contribution is 6.63. The molecule has 3 rings (SSSR count). The van der Waals surface area contributed by atoms with Gasteiger partial charge in [-0.05, 0) is 54.5 Å². The quantitative estimate of drug-likeness (QED) is 0.615. The zero-order valence-corrected chi connectivity index (χ0v) is 14.8. The molecule has 0 atom stereocenters. The van der Waals surface area contributed by atoms with Gasteiger partial charge in [0.25, 0.3) is 0 Å². The molecule has 26 heavy (non-hydrogen) atoms. The van der Waals surface area contributed by atoms with Crippen LogP contribution in [0, 0.1) is 0 Å². The number of ether oxygens (including phenoxy) is 2. The van der Waals surface area contributed by atoms with Crippen LogP contribution in [0.4, 0.5) is 0 Å². The Hall–Kier alpha value is -2.76. The fourth-order valence-electron chi connectivity index (χ4n) is 2.62. The van der Waals surface area contributed by atoms with E-state index in [0.717, 1.165) is 34.7 Å². The van der Waals surface area contributed by atoms with Crippen molar-refractivity contribution in [3.63, 3.8) is 0 Å². The van der Waals surface area contributed by atoms with Gasteiger partial charge in [0.1, 0.15) is 17.2 Å². The van der Waals surface area contributed by atoms with Gasteiger partial charge in [0.05, 0.1) is 6.61 Å². The van der Waals surface area contributed by atoms with Crippen LogP contribution in [0.25, 0.3) is 0 Å². The summed E-state index contributed by atoms with van der Waals surface area (Å²) < 4.78 is 11.7. The van der Waals surface area contributed by atoms with Crippen molar-refractivity contribution in [2.75, 3.05) is 13.7 Å². The molecule has 0 aromatic heterocycles. The zero-order chi connectivity index (χ0) is 18.2. The molecule has 0 heterocycles. The second-order valence-electron chi connectivity index (χ2n) is 5.92. The Morgan fingerprint density at radius 2 is 1.58 bits per heavy atom. The van der Waals surface area contributed by atoms with Crippen LogP contribution in [-0.2, 0) is 6.42 Å². The van der Waals surface area contributed by atoms with Gasteiger partial charge in [-0.15, -0.1) is 0 Å². The normalized spacial score (nSPS) is 10.4. The van der Waals surface area contributed by atoms with Crippen molar-refractivity contribution in [3.8, 4) is 17.2 Å². The maximum absolute atomic E-state index is 9.83. The van der Waals surface area contributed by atoms with Crippen LogP contribution in [-0.4, -0.2) is 25.7 Å². The molecular formula is C21H22BNO3. The van der Waals surface area contributed by atoms with Crippen molar-refractivity contribution >= 4 is 12.5 Å². The standard InChI is InChI=1S/C21H22BNO3/c1-23-22(24)18-8-6-11-20(16-18)25-14-13-17-7-5-12-21(15-17)26-19-9-3-2-4-10-19/h2-12,15-16,23-24H,13-14H2,1H3. The third-order valence-corrected chi connectivity index (χ3v) is 3.98. The van der Waals surface area contributed by atoms with Crippen molar-refractivity contribution in [2.45, 2.75) is 6.42 Å². The second kappa shape index (κ2) is 9.08. The highest BCUT2D eigenvalue weighted by atomic mass is 16.5. The molecule has 0 radical (unpaired) electrons. The fraction of sp³-hybridized carbons (Fsp3) is 0.143. The van der Waals surface area contributed by atoms with Gasteiger partial charge in [-0.2, -0.15) is 0 Å². The van der Waals surface area contributed by atoms with Gasteiger partial charge in [0.15, 0.2) is 0 Å². The average molecular weight is 347 g/mol. The second-order valence-corrected chi connectivity index (χ2v) is 5.92. The maximum atomic E-state index is 9.83. The number of rotatable bonds is 8. The van der Waals surface area contributed by atoms with Crippen molar-refractivity contribution in [2.24, 2.45) is 0 Å². The van der Waals surface area contributed by atoms with Gasteiger partial charge in [-0.25, -0.2) is 0 Å². The van der Waals surface area contributed by atoms with Crippen molar-refractivity contribution in [1.29, 1.82) is 0 Å². The van der Waals surface area contributed by atoms with Crippen LogP contribution in [0.5, 0.6) is 17.2 Å². The molecule has 132 valence electrons. The van der Waals surface area contributed by atoms with E-state index in [4.69, 9.17) is 9.47 Å². The molecule has 5 heteroatoms. The highest BCUT2D eigenvalue weighted by Gasteiger charge is 2.12. The molecule has 0 aliphatic carbocycles. The van der Waals surface area contributed by atoms with E-state index in [1.807, 2.05) is 72.8 Å². The SMILES string of the molecule is CNB(O)c1cccc(OCCc2cccc(Oc3ccccc3)c2)c1. The van der Waals surface area contributed by atoms with E-state index in [0.29, 0.717) is 6.61 Å². The minimum atomic E-state index is -0.689. The summed E-state index contributed by atoms with van der Waals surface area (Å²) in [5.74, 6) is 2.38. The summed E-state index contributed by atoms with van der Waals surface area (Å²) in [7, 11) is 1.02. The lowest BCUT2D eigenvalue weighted by Crippen LogP contribution is -2.42. The molecule has 0 unspecified atom stereocenters. The fourth-order valence-corrected chi connectivity index (χ4v) is 2.62. The van der Waals surface area contributed by atoms with Crippen molar-refractivity contribution < 1.29 is 14.5 Å². The maximum Gasteiger partial charge on any atom is 0.413 e. The topological polar surface area (TPSA) is 50.7 Å². The summed E-state index contributed by atoms with van der Waals surface area (Å²) in [6.07, 6.45) is 0.769. The highest BCUT2D eigenvalue weighted by Crippen LogP contribution is 2.22. The molecular weight excluding hydrogens is 325 g/mol. The predicted molar refractivity (Wildman–Crippen MR) is 105 cm³/mol. The van der Waals surface area contributed by atoms with E-state index in [-0.39, 0.29) is 0 Å². The molecule has 0 amide bonds. The van der Waals surface area contributed by atoms with E-state index in [1.165, 1.54) is 0 Å². The minimum absolute atomic E-state index is 0.549. The van der Waals surface area contributed by atoms with E-state index < -0.39 is 7.05 Å². The first-order valence-electron chi connectivity index (χ1n) is 8.64. The first-order chi connectivity index (χ1) is 12.7. The molecule has 0 saturated carbocycles. The minimum Gasteiger partial charge on any atom is -0.493 e. The third kappa shape index (κ3) is 5.12. The Bertz CT molecular complexity index is 826. The molecule has 0 spiro atoms. The summed E-state index contributed by atoms with van der Waals surface area (Å²) in [6, 6.07) is 25.2. The molecule has 3 aromatic rings. The first-order valence-corrected chi connectivity index (χ1v) is 8.64. The monoisotopic (exact) mass is 347 g/mol. The first kappa shape index (κ1) is 18.0. The molecule has 0 aliphatic heterocycles. The van der Waals surface area contributed by atoms with E-state index >= 15 is 0 Å². The Kier molecular flexibility index (Phi) is 6.31. The van der Waals surface area contributed by atoms with Gasteiger partial charge in [0, 0.05) is 6.42 Å². The summed E-state index contributed by atoms with van der Waals surface area (Å²) in [4.78, 5) is 0. The van der Waals surface area contributed by atoms with Gasteiger partial charge < -0.3 is 19.7 Å².